The molecular weight excluding hydrogens is 258 g/mol. The molecule has 0 fully saturated rings. The Bertz CT molecular complexity index is 669. The number of thiophene rings is 1. The highest BCUT2D eigenvalue weighted by Gasteiger charge is 2.26. The Labute approximate surface area is 114 Å². The molecule has 2 heterocycles. The first kappa shape index (κ1) is 11.9. The van der Waals surface area contributed by atoms with E-state index in [9.17, 15) is 4.79 Å². The fraction of sp³-hybridized carbons (Fsp3) is 0.0667. The maximum atomic E-state index is 11.9. The molecule has 0 amide bonds. The van der Waals surface area contributed by atoms with Gasteiger partial charge in [0.2, 0.25) is 5.90 Å². The molecule has 0 atom stereocenters. The fourth-order valence-electron chi connectivity index (χ4n) is 1.86. The van der Waals surface area contributed by atoms with Crippen molar-refractivity contribution >= 4 is 28.8 Å². The quantitative estimate of drug-likeness (QED) is 0.618. The summed E-state index contributed by atoms with van der Waals surface area (Å²) in [5, 5.41) is 1.97. The largest absolute Gasteiger partial charge is 0.402 e. The molecular formula is C15H11NO2S. The summed E-state index contributed by atoms with van der Waals surface area (Å²) in [7, 11) is 0. The second-order valence-corrected chi connectivity index (χ2v) is 5.07. The molecule has 0 unspecified atom stereocenters. The van der Waals surface area contributed by atoms with Gasteiger partial charge < -0.3 is 4.74 Å². The lowest BCUT2D eigenvalue weighted by Gasteiger charge is -1.97. The standard InChI is InChI=1S/C15H11NO2S/c1-10(12-8-5-9-19-12)13-15(17)18-14(16-13)11-6-3-2-4-7-11/h2-9H,1H3/b13-10-. The fourth-order valence-corrected chi connectivity index (χ4v) is 2.59. The maximum Gasteiger partial charge on any atom is 0.364 e. The summed E-state index contributed by atoms with van der Waals surface area (Å²) in [6, 6.07) is 13.3. The van der Waals surface area contributed by atoms with Crippen molar-refractivity contribution in [2.45, 2.75) is 6.92 Å². The van der Waals surface area contributed by atoms with Gasteiger partial charge in [0.05, 0.1) is 0 Å². The van der Waals surface area contributed by atoms with Crippen molar-refractivity contribution in [1.82, 2.24) is 0 Å². The van der Waals surface area contributed by atoms with E-state index in [-0.39, 0.29) is 5.97 Å². The zero-order valence-electron chi connectivity index (χ0n) is 10.3. The maximum absolute atomic E-state index is 11.9. The zero-order valence-corrected chi connectivity index (χ0v) is 11.1. The van der Waals surface area contributed by atoms with Gasteiger partial charge in [0.15, 0.2) is 5.70 Å². The Balaban J connectivity index is 2.03. The number of hydrogen-bond acceptors (Lipinski definition) is 4. The topological polar surface area (TPSA) is 38.7 Å². The first-order valence-corrected chi connectivity index (χ1v) is 6.75. The highest BCUT2D eigenvalue weighted by Crippen LogP contribution is 2.27. The van der Waals surface area contributed by atoms with Gasteiger partial charge >= 0.3 is 5.97 Å². The molecule has 0 saturated carbocycles. The number of rotatable bonds is 2. The van der Waals surface area contributed by atoms with Gasteiger partial charge in [-0.25, -0.2) is 9.79 Å². The van der Waals surface area contributed by atoms with Crippen LogP contribution in [-0.2, 0) is 9.53 Å². The number of cyclic esters (lactones) is 1. The highest BCUT2D eigenvalue weighted by atomic mass is 32.1. The summed E-state index contributed by atoms with van der Waals surface area (Å²) in [4.78, 5) is 17.3. The molecule has 0 radical (unpaired) electrons. The smallest absolute Gasteiger partial charge is 0.364 e. The molecule has 19 heavy (non-hydrogen) atoms. The van der Waals surface area contributed by atoms with Crippen LogP contribution in [0.5, 0.6) is 0 Å². The number of carbonyl (C=O) groups excluding carboxylic acids is 1. The van der Waals surface area contributed by atoms with Crippen LogP contribution in [0.3, 0.4) is 0 Å². The van der Waals surface area contributed by atoms with E-state index in [1.807, 2.05) is 54.8 Å². The van der Waals surface area contributed by atoms with E-state index >= 15 is 0 Å². The minimum absolute atomic E-state index is 0.372. The van der Waals surface area contributed by atoms with E-state index in [4.69, 9.17) is 4.74 Å². The van der Waals surface area contributed by atoms with E-state index in [1.165, 1.54) is 0 Å². The molecule has 0 aliphatic carbocycles. The van der Waals surface area contributed by atoms with Gasteiger partial charge in [-0.05, 0) is 36.1 Å². The van der Waals surface area contributed by atoms with Crippen molar-refractivity contribution in [2.75, 3.05) is 0 Å². The SMILES string of the molecule is C/C(=C1/N=C(c2ccccc2)OC1=O)c1cccs1. The molecule has 0 saturated heterocycles. The number of carbonyl (C=O) groups is 1. The summed E-state index contributed by atoms with van der Waals surface area (Å²) in [6.07, 6.45) is 0. The Morgan fingerprint density at radius 2 is 1.95 bits per heavy atom. The number of benzene rings is 1. The lowest BCUT2D eigenvalue weighted by molar-refractivity contribution is -0.129. The van der Waals surface area contributed by atoms with E-state index in [2.05, 4.69) is 4.99 Å². The van der Waals surface area contributed by atoms with Gasteiger partial charge in [-0.2, -0.15) is 0 Å². The molecule has 3 nitrogen and oxygen atoms in total. The molecule has 3 rings (SSSR count). The predicted octanol–water partition coefficient (Wildman–Crippen LogP) is 3.48. The average molecular weight is 269 g/mol. The van der Waals surface area contributed by atoms with E-state index in [0.717, 1.165) is 16.0 Å². The lowest BCUT2D eigenvalue weighted by atomic mass is 10.2. The number of hydrogen-bond donors (Lipinski definition) is 0. The van der Waals surface area contributed by atoms with Crippen molar-refractivity contribution in [3.8, 4) is 0 Å². The molecule has 94 valence electrons. The monoisotopic (exact) mass is 269 g/mol. The first-order chi connectivity index (χ1) is 9.25. The number of ether oxygens (including phenoxy) is 1. The van der Waals surface area contributed by atoms with Crippen LogP contribution in [0.1, 0.15) is 17.4 Å². The van der Waals surface area contributed by atoms with Crippen LogP contribution in [0.2, 0.25) is 0 Å². The third kappa shape index (κ3) is 2.22. The second kappa shape index (κ2) is 4.82. The minimum atomic E-state index is -0.384. The number of nitrogens with zero attached hydrogens (tertiary/aromatic N) is 1. The third-order valence-electron chi connectivity index (χ3n) is 2.86. The van der Waals surface area contributed by atoms with Crippen LogP contribution in [0, 0.1) is 0 Å². The van der Waals surface area contributed by atoms with E-state index in [0.29, 0.717) is 11.6 Å². The van der Waals surface area contributed by atoms with Crippen LogP contribution >= 0.6 is 11.3 Å². The van der Waals surface area contributed by atoms with Crippen LogP contribution in [0.15, 0.2) is 58.5 Å². The number of esters is 1. The normalized spacial score (nSPS) is 17.1. The van der Waals surface area contributed by atoms with Crippen molar-refractivity contribution in [1.29, 1.82) is 0 Å². The van der Waals surface area contributed by atoms with Crippen LogP contribution in [0.4, 0.5) is 0 Å². The van der Waals surface area contributed by atoms with E-state index < -0.39 is 0 Å². The average Bonchev–Trinajstić information content (AvgIpc) is 3.08. The first-order valence-electron chi connectivity index (χ1n) is 5.87. The molecule has 1 aromatic carbocycles. The van der Waals surface area contributed by atoms with Crippen molar-refractivity contribution in [3.63, 3.8) is 0 Å². The Kier molecular flexibility index (Phi) is 3.01. The minimum Gasteiger partial charge on any atom is -0.402 e. The van der Waals surface area contributed by atoms with Crippen molar-refractivity contribution in [2.24, 2.45) is 4.99 Å². The van der Waals surface area contributed by atoms with Crippen LogP contribution < -0.4 is 0 Å². The van der Waals surface area contributed by atoms with Crippen LogP contribution in [-0.4, -0.2) is 11.9 Å². The van der Waals surface area contributed by atoms with Crippen LogP contribution in [0.25, 0.3) is 5.57 Å². The van der Waals surface area contributed by atoms with E-state index in [1.54, 1.807) is 11.3 Å². The van der Waals surface area contributed by atoms with Gasteiger partial charge in [0.1, 0.15) is 0 Å². The summed E-state index contributed by atoms with van der Waals surface area (Å²) in [5.74, 6) is -0.0127. The molecule has 1 aliphatic heterocycles. The summed E-state index contributed by atoms with van der Waals surface area (Å²) in [6.45, 7) is 1.89. The molecule has 0 N–H and O–H groups in total. The van der Waals surface area contributed by atoms with Crippen molar-refractivity contribution < 1.29 is 9.53 Å². The number of aliphatic imine (C=N–C) groups is 1. The lowest BCUT2D eigenvalue weighted by Crippen LogP contribution is -2.05. The molecule has 2 aromatic rings. The highest BCUT2D eigenvalue weighted by molar-refractivity contribution is 7.11. The molecule has 1 aromatic heterocycles. The predicted molar refractivity (Wildman–Crippen MR) is 76.0 cm³/mol. The molecule has 1 aliphatic rings. The van der Waals surface area contributed by atoms with Gasteiger partial charge in [-0.1, -0.05) is 24.3 Å². The second-order valence-electron chi connectivity index (χ2n) is 4.12. The van der Waals surface area contributed by atoms with Gasteiger partial charge in [0, 0.05) is 10.4 Å². The Hall–Kier alpha value is -2.20. The number of allylic oxidation sites excluding steroid dienone is 1. The molecule has 4 heteroatoms. The van der Waals surface area contributed by atoms with Crippen molar-refractivity contribution in [3.05, 3.63) is 64.0 Å². The summed E-state index contributed by atoms with van der Waals surface area (Å²) < 4.78 is 5.24. The summed E-state index contributed by atoms with van der Waals surface area (Å²) in [5.41, 5.74) is 2.05. The Morgan fingerprint density at radius 1 is 1.16 bits per heavy atom. The zero-order chi connectivity index (χ0) is 13.2. The van der Waals surface area contributed by atoms with Gasteiger partial charge in [-0.15, -0.1) is 11.3 Å². The molecule has 0 bridgehead atoms. The van der Waals surface area contributed by atoms with Gasteiger partial charge in [0.25, 0.3) is 0 Å². The third-order valence-corrected chi connectivity index (χ3v) is 3.85. The Morgan fingerprint density at radius 3 is 2.63 bits per heavy atom. The molecule has 0 spiro atoms. The summed E-state index contributed by atoms with van der Waals surface area (Å²) >= 11 is 1.58. The van der Waals surface area contributed by atoms with Gasteiger partial charge in [-0.3, -0.25) is 0 Å².